The molecule has 1 atom stereocenters. The normalized spacial score (nSPS) is 13.3. The summed E-state index contributed by atoms with van der Waals surface area (Å²) in [5.41, 5.74) is -0.780. The van der Waals surface area contributed by atoms with Crippen LogP contribution in [0.5, 0.6) is 0 Å². The van der Waals surface area contributed by atoms with Crippen molar-refractivity contribution in [2.24, 2.45) is 5.16 Å². The average molecular weight is 262 g/mol. The van der Waals surface area contributed by atoms with Crippen molar-refractivity contribution in [3.8, 4) is 0 Å². The Morgan fingerprint density at radius 3 is 2.62 bits per heavy atom. The van der Waals surface area contributed by atoms with E-state index < -0.39 is 11.5 Å². The summed E-state index contributed by atoms with van der Waals surface area (Å²) in [6.07, 6.45) is 0. The molecule has 86 valence electrons. The maximum Gasteiger partial charge on any atom is 0.304 e. The van der Waals surface area contributed by atoms with Gasteiger partial charge >= 0.3 is 5.97 Å². The van der Waals surface area contributed by atoms with Crippen LogP contribution in [0.3, 0.4) is 0 Å². The van der Waals surface area contributed by atoms with Crippen molar-refractivity contribution in [3.63, 3.8) is 0 Å². The fourth-order valence-corrected chi connectivity index (χ4v) is 1.61. The van der Waals surface area contributed by atoms with Crippen molar-refractivity contribution in [1.82, 2.24) is 0 Å². The molecule has 0 radical (unpaired) electrons. The number of hydrogen-bond donors (Lipinski definition) is 1. The van der Waals surface area contributed by atoms with Gasteiger partial charge in [-0.1, -0.05) is 46.6 Å². The molecule has 0 saturated heterocycles. The monoisotopic (exact) mass is 261 g/mol. The van der Waals surface area contributed by atoms with Crippen LogP contribution in [0.2, 0.25) is 5.02 Å². The third kappa shape index (κ3) is 3.12. The SMILES string of the molecule is CC(=O)OC(Cl)/C(=N\O)c1ccccc1Cl. The highest BCUT2D eigenvalue weighted by Gasteiger charge is 2.20. The standard InChI is InChI=1S/C10H9Cl2NO3/c1-6(14)16-10(12)9(13-15)7-4-2-3-5-8(7)11/h2-5,10,15H,1H3/b13-9-. The molecule has 0 aromatic heterocycles. The number of oxime groups is 1. The second-order valence-corrected chi connectivity index (χ2v) is 3.69. The van der Waals surface area contributed by atoms with Crippen molar-refractivity contribution < 1.29 is 14.7 Å². The summed E-state index contributed by atoms with van der Waals surface area (Å²) in [5.74, 6) is -0.576. The molecule has 1 rings (SSSR count). The minimum absolute atomic E-state index is 0.0116. The molecule has 1 N–H and O–H groups in total. The zero-order valence-electron chi connectivity index (χ0n) is 8.35. The quantitative estimate of drug-likeness (QED) is 0.299. The third-order valence-corrected chi connectivity index (χ3v) is 2.37. The number of hydrogen-bond acceptors (Lipinski definition) is 4. The smallest absolute Gasteiger partial charge is 0.304 e. The lowest BCUT2D eigenvalue weighted by Crippen LogP contribution is -2.22. The lowest BCUT2D eigenvalue weighted by Gasteiger charge is -2.12. The third-order valence-electron chi connectivity index (χ3n) is 1.74. The molecule has 0 aliphatic rings. The molecule has 0 bridgehead atoms. The number of esters is 1. The van der Waals surface area contributed by atoms with Gasteiger partial charge in [-0.3, -0.25) is 4.79 Å². The molecule has 0 heterocycles. The second-order valence-electron chi connectivity index (χ2n) is 2.89. The zero-order chi connectivity index (χ0) is 12.1. The number of rotatable bonds is 3. The Hall–Kier alpha value is -1.26. The second kappa shape index (κ2) is 5.72. The van der Waals surface area contributed by atoms with Gasteiger partial charge in [0.1, 0.15) is 5.71 Å². The molecule has 1 unspecified atom stereocenters. The van der Waals surface area contributed by atoms with Crippen LogP contribution >= 0.6 is 23.2 Å². The first-order valence-electron chi connectivity index (χ1n) is 4.34. The minimum Gasteiger partial charge on any atom is -0.440 e. The summed E-state index contributed by atoms with van der Waals surface area (Å²) in [7, 11) is 0. The maximum atomic E-state index is 10.7. The van der Waals surface area contributed by atoms with E-state index in [4.69, 9.17) is 28.4 Å². The molecular weight excluding hydrogens is 253 g/mol. The molecule has 0 aliphatic heterocycles. The Labute approximate surface area is 102 Å². The number of carbonyl (C=O) groups is 1. The maximum absolute atomic E-state index is 10.7. The molecule has 0 fully saturated rings. The van der Waals surface area contributed by atoms with Gasteiger partial charge in [-0.25, -0.2) is 0 Å². The van der Waals surface area contributed by atoms with E-state index in [1.165, 1.54) is 6.92 Å². The molecule has 0 saturated carbocycles. The van der Waals surface area contributed by atoms with Gasteiger partial charge in [-0.2, -0.15) is 0 Å². The first-order chi connectivity index (χ1) is 7.56. The molecule has 6 heteroatoms. The Balaban J connectivity index is 3.00. The summed E-state index contributed by atoms with van der Waals surface area (Å²) < 4.78 is 4.69. The molecule has 0 aliphatic carbocycles. The topological polar surface area (TPSA) is 58.9 Å². The highest BCUT2D eigenvalue weighted by molar-refractivity contribution is 6.39. The van der Waals surface area contributed by atoms with E-state index in [1.54, 1.807) is 24.3 Å². The van der Waals surface area contributed by atoms with Gasteiger partial charge in [0.05, 0.1) is 0 Å². The van der Waals surface area contributed by atoms with Crippen molar-refractivity contribution in [2.45, 2.75) is 12.5 Å². The van der Waals surface area contributed by atoms with Gasteiger partial charge in [-0.05, 0) is 6.07 Å². The minimum atomic E-state index is -1.18. The van der Waals surface area contributed by atoms with Crippen molar-refractivity contribution in [2.75, 3.05) is 0 Å². The van der Waals surface area contributed by atoms with Crippen LogP contribution in [-0.2, 0) is 9.53 Å². The van der Waals surface area contributed by atoms with Crippen LogP contribution < -0.4 is 0 Å². The molecule has 16 heavy (non-hydrogen) atoms. The van der Waals surface area contributed by atoms with Crippen LogP contribution in [0.4, 0.5) is 0 Å². The number of carbonyl (C=O) groups excluding carboxylic acids is 1. The first kappa shape index (κ1) is 12.8. The summed E-state index contributed by atoms with van der Waals surface area (Å²) in [5, 5.41) is 12.2. The van der Waals surface area contributed by atoms with E-state index in [2.05, 4.69) is 9.89 Å². The van der Waals surface area contributed by atoms with E-state index in [1.807, 2.05) is 0 Å². The van der Waals surface area contributed by atoms with E-state index in [-0.39, 0.29) is 5.71 Å². The number of nitrogens with zero attached hydrogens (tertiary/aromatic N) is 1. The molecule has 4 nitrogen and oxygen atoms in total. The van der Waals surface area contributed by atoms with Crippen molar-refractivity contribution in [3.05, 3.63) is 34.9 Å². The summed E-state index contributed by atoms with van der Waals surface area (Å²) >= 11 is 11.6. The van der Waals surface area contributed by atoms with Crippen LogP contribution in [0.15, 0.2) is 29.4 Å². The van der Waals surface area contributed by atoms with Crippen molar-refractivity contribution in [1.29, 1.82) is 0 Å². The fourth-order valence-electron chi connectivity index (χ4n) is 1.09. The average Bonchev–Trinajstić information content (AvgIpc) is 2.20. The molecule has 1 aromatic rings. The van der Waals surface area contributed by atoms with Crippen molar-refractivity contribution >= 4 is 34.9 Å². The van der Waals surface area contributed by atoms with Crippen LogP contribution in [0, 0.1) is 0 Å². The summed E-state index contributed by atoms with van der Waals surface area (Å²) in [6, 6.07) is 6.63. The Bertz CT molecular complexity index is 420. The highest BCUT2D eigenvalue weighted by Crippen LogP contribution is 2.20. The van der Waals surface area contributed by atoms with Crippen LogP contribution in [-0.4, -0.2) is 22.5 Å². The lowest BCUT2D eigenvalue weighted by atomic mass is 10.1. The van der Waals surface area contributed by atoms with E-state index in [9.17, 15) is 4.79 Å². The highest BCUT2D eigenvalue weighted by atomic mass is 35.5. The van der Waals surface area contributed by atoms with E-state index in [0.29, 0.717) is 10.6 Å². The van der Waals surface area contributed by atoms with Crippen LogP contribution in [0.1, 0.15) is 12.5 Å². The largest absolute Gasteiger partial charge is 0.440 e. The predicted molar refractivity (Wildman–Crippen MR) is 61.2 cm³/mol. The van der Waals surface area contributed by atoms with E-state index in [0.717, 1.165) is 0 Å². The number of alkyl halides is 1. The molecular formula is C10H9Cl2NO3. The van der Waals surface area contributed by atoms with Gasteiger partial charge in [0.15, 0.2) is 0 Å². The molecule has 0 spiro atoms. The van der Waals surface area contributed by atoms with Gasteiger partial charge < -0.3 is 9.94 Å². The fraction of sp³-hybridized carbons (Fsp3) is 0.200. The van der Waals surface area contributed by atoms with Gasteiger partial charge in [0, 0.05) is 17.5 Å². The van der Waals surface area contributed by atoms with E-state index >= 15 is 0 Å². The van der Waals surface area contributed by atoms with Gasteiger partial charge in [-0.15, -0.1) is 0 Å². The van der Waals surface area contributed by atoms with Gasteiger partial charge in [0.25, 0.3) is 0 Å². The number of benzene rings is 1. The molecule has 1 aromatic carbocycles. The number of halogens is 2. The van der Waals surface area contributed by atoms with Gasteiger partial charge in [0.2, 0.25) is 5.56 Å². The first-order valence-corrected chi connectivity index (χ1v) is 5.16. The Kier molecular flexibility index (Phi) is 4.58. The summed E-state index contributed by atoms with van der Waals surface area (Å²) in [4.78, 5) is 10.7. The van der Waals surface area contributed by atoms with Crippen LogP contribution in [0.25, 0.3) is 0 Å². The molecule has 0 amide bonds. The number of ether oxygens (including phenoxy) is 1. The Morgan fingerprint density at radius 2 is 2.12 bits per heavy atom. The summed E-state index contributed by atoms with van der Waals surface area (Å²) in [6.45, 7) is 1.21. The predicted octanol–water partition coefficient (Wildman–Crippen LogP) is 2.65. The lowest BCUT2D eigenvalue weighted by molar-refractivity contribution is -0.140. The Morgan fingerprint density at radius 1 is 1.50 bits per heavy atom. The zero-order valence-corrected chi connectivity index (χ0v) is 9.87.